The number of rotatable bonds is 3. The quantitative estimate of drug-likeness (QED) is 0.748. The van der Waals surface area contributed by atoms with Gasteiger partial charge in [0.2, 0.25) is 0 Å². The number of aryl methyl sites for hydroxylation is 1. The number of aromatic nitrogens is 1. The lowest BCUT2D eigenvalue weighted by atomic mass is 9.87. The number of anilines is 2. The van der Waals surface area contributed by atoms with Crippen molar-refractivity contribution < 1.29 is 5.11 Å². The molecule has 4 heteroatoms. The molecule has 0 amide bonds. The van der Waals surface area contributed by atoms with Crippen LogP contribution in [0.4, 0.5) is 11.5 Å². The average molecular weight is 235 g/mol. The lowest BCUT2D eigenvalue weighted by Gasteiger charge is -2.25. The number of hydrogen-bond acceptors (Lipinski definition) is 4. The van der Waals surface area contributed by atoms with Gasteiger partial charge in [-0.05, 0) is 50.7 Å². The maximum absolute atomic E-state index is 9.44. The summed E-state index contributed by atoms with van der Waals surface area (Å²) < 4.78 is 0. The molecule has 1 saturated carbocycles. The number of aliphatic hydroxyl groups excluding tert-OH is 1. The molecule has 4 N–H and O–H groups in total. The highest BCUT2D eigenvalue weighted by Gasteiger charge is 2.19. The fourth-order valence-corrected chi connectivity index (χ4v) is 2.30. The maximum atomic E-state index is 9.44. The van der Waals surface area contributed by atoms with E-state index in [4.69, 9.17) is 5.73 Å². The summed E-state index contributed by atoms with van der Waals surface area (Å²) in [6, 6.07) is 3.80. The largest absolute Gasteiger partial charge is 0.396 e. The third-order valence-electron chi connectivity index (χ3n) is 3.44. The Morgan fingerprint density at radius 1 is 1.35 bits per heavy atom. The van der Waals surface area contributed by atoms with E-state index in [1.807, 2.05) is 19.1 Å². The fraction of sp³-hybridized carbons (Fsp3) is 0.615. The van der Waals surface area contributed by atoms with Crippen LogP contribution < -0.4 is 11.1 Å². The maximum Gasteiger partial charge on any atom is 0.149 e. The number of nitrogens with one attached hydrogen (secondary N) is 1. The summed E-state index contributed by atoms with van der Waals surface area (Å²) >= 11 is 0. The first kappa shape index (κ1) is 12.2. The van der Waals surface area contributed by atoms with E-state index in [-0.39, 0.29) is 6.10 Å². The molecule has 4 nitrogen and oxygen atoms in total. The number of nitrogen functional groups attached to an aromatic ring is 1. The molecule has 17 heavy (non-hydrogen) atoms. The first-order valence-corrected chi connectivity index (χ1v) is 6.30. The Balaban J connectivity index is 1.87. The monoisotopic (exact) mass is 235 g/mol. The van der Waals surface area contributed by atoms with Gasteiger partial charge in [0, 0.05) is 12.2 Å². The van der Waals surface area contributed by atoms with Crippen molar-refractivity contribution in [2.75, 3.05) is 17.6 Å². The molecule has 1 fully saturated rings. The van der Waals surface area contributed by atoms with Gasteiger partial charge >= 0.3 is 0 Å². The van der Waals surface area contributed by atoms with Gasteiger partial charge in [-0.25, -0.2) is 4.98 Å². The zero-order chi connectivity index (χ0) is 12.3. The van der Waals surface area contributed by atoms with Crippen LogP contribution in [0.3, 0.4) is 0 Å². The van der Waals surface area contributed by atoms with Crippen LogP contribution in [0, 0.1) is 12.8 Å². The van der Waals surface area contributed by atoms with Crippen molar-refractivity contribution in [3.05, 3.63) is 17.8 Å². The van der Waals surface area contributed by atoms with E-state index in [2.05, 4.69) is 10.3 Å². The molecule has 0 atom stereocenters. The van der Waals surface area contributed by atoms with Gasteiger partial charge in [-0.1, -0.05) is 0 Å². The fourth-order valence-electron chi connectivity index (χ4n) is 2.30. The Labute approximate surface area is 102 Å². The molecule has 0 aliphatic heterocycles. The van der Waals surface area contributed by atoms with Crippen molar-refractivity contribution in [2.24, 2.45) is 5.92 Å². The van der Waals surface area contributed by atoms with Crippen LogP contribution in [0.5, 0.6) is 0 Å². The van der Waals surface area contributed by atoms with Gasteiger partial charge in [-0.2, -0.15) is 0 Å². The molecule has 1 heterocycles. The molecule has 0 saturated heterocycles. The zero-order valence-corrected chi connectivity index (χ0v) is 10.3. The summed E-state index contributed by atoms with van der Waals surface area (Å²) in [6.07, 6.45) is 3.92. The first-order chi connectivity index (χ1) is 8.15. The van der Waals surface area contributed by atoms with Crippen LogP contribution >= 0.6 is 0 Å². The molecule has 1 aliphatic rings. The summed E-state index contributed by atoms with van der Waals surface area (Å²) in [5, 5.41) is 12.8. The van der Waals surface area contributed by atoms with Crippen LogP contribution in [-0.4, -0.2) is 22.7 Å². The van der Waals surface area contributed by atoms with Crippen molar-refractivity contribution in [3.8, 4) is 0 Å². The Bertz CT molecular complexity index is 373. The van der Waals surface area contributed by atoms with Gasteiger partial charge in [0.05, 0.1) is 11.8 Å². The smallest absolute Gasteiger partial charge is 0.149 e. The highest BCUT2D eigenvalue weighted by atomic mass is 16.3. The van der Waals surface area contributed by atoms with Crippen LogP contribution in [0.2, 0.25) is 0 Å². The Morgan fingerprint density at radius 2 is 2.06 bits per heavy atom. The molecule has 1 aromatic rings. The molecule has 94 valence electrons. The number of nitrogens with two attached hydrogens (primary N) is 1. The van der Waals surface area contributed by atoms with Gasteiger partial charge in [0.25, 0.3) is 0 Å². The lowest BCUT2D eigenvalue weighted by molar-refractivity contribution is 0.111. The first-order valence-electron chi connectivity index (χ1n) is 6.30. The predicted molar refractivity (Wildman–Crippen MR) is 69.8 cm³/mol. The highest BCUT2D eigenvalue weighted by Crippen LogP contribution is 2.25. The molecule has 0 bridgehead atoms. The molecular formula is C13H21N3O. The minimum Gasteiger partial charge on any atom is -0.396 e. The topological polar surface area (TPSA) is 71.2 Å². The van der Waals surface area contributed by atoms with E-state index in [0.717, 1.165) is 43.7 Å². The Morgan fingerprint density at radius 3 is 2.76 bits per heavy atom. The van der Waals surface area contributed by atoms with Crippen molar-refractivity contribution in [1.82, 2.24) is 4.98 Å². The molecule has 2 rings (SSSR count). The predicted octanol–water partition coefficient (Wildman–Crippen LogP) is 1.94. The van der Waals surface area contributed by atoms with Crippen molar-refractivity contribution in [3.63, 3.8) is 0 Å². The van der Waals surface area contributed by atoms with E-state index in [1.54, 1.807) is 0 Å². The third-order valence-corrected chi connectivity index (χ3v) is 3.44. The standard InChI is InChI=1S/C13H21N3O/c1-9-2-7-12(14)13(16-9)15-8-10-3-5-11(17)6-4-10/h2,7,10-11,17H,3-6,8,14H2,1H3,(H,15,16). The lowest BCUT2D eigenvalue weighted by Crippen LogP contribution is -2.24. The van der Waals surface area contributed by atoms with Gasteiger partial charge in [0.15, 0.2) is 0 Å². The van der Waals surface area contributed by atoms with E-state index in [1.165, 1.54) is 0 Å². The summed E-state index contributed by atoms with van der Waals surface area (Å²) in [4.78, 5) is 4.39. The van der Waals surface area contributed by atoms with Gasteiger partial charge in [-0.15, -0.1) is 0 Å². The van der Waals surface area contributed by atoms with E-state index in [0.29, 0.717) is 11.6 Å². The summed E-state index contributed by atoms with van der Waals surface area (Å²) in [7, 11) is 0. The number of nitrogens with zero attached hydrogens (tertiary/aromatic N) is 1. The second-order valence-electron chi connectivity index (χ2n) is 4.95. The van der Waals surface area contributed by atoms with Gasteiger partial charge in [-0.3, -0.25) is 0 Å². The SMILES string of the molecule is Cc1ccc(N)c(NCC2CCC(O)CC2)n1. The summed E-state index contributed by atoms with van der Waals surface area (Å²) in [5.74, 6) is 1.41. The molecule has 0 spiro atoms. The van der Waals surface area contributed by atoms with Crippen molar-refractivity contribution in [2.45, 2.75) is 38.7 Å². The van der Waals surface area contributed by atoms with Crippen LogP contribution in [-0.2, 0) is 0 Å². The highest BCUT2D eigenvalue weighted by molar-refractivity contribution is 5.61. The molecule has 1 aromatic heterocycles. The average Bonchev–Trinajstić information content (AvgIpc) is 2.32. The third kappa shape index (κ3) is 3.33. The van der Waals surface area contributed by atoms with Crippen molar-refractivity contribution >= 4 is 11.5 Å². The summed E-state index contributed by atoms with van der Waals surface area (Å²) in [5.41, 5.74) is 7.54. The zero-order valence-electron chi connectivity index (χ0n) is 10.3. The second-order valence-corrected chi connectivity index (χ2v) is 4.95. The number of aliphatic hydroxyl groups is 1. The minimum absolute atomic E-state index is 0.0894. The summed E-state index contributed by atoms with van der Waals surface area (Å²) in [6.45, 7) is 2.86. The molecule has 0 aromatic carbocycles. The second kappa shape index (κ2) is 5.36. The van der Waals surface area contributed by atoms with Crippen LogP contribution in [0.25, 0.3) is 0 Å². The molecule has 0 radical (unpaired) electrons. The number of pyridine rings is 1. The van der Waals surface area contributed by atoms with Gasteiger partial charge in [0.1, 0.15) is 5.82 Å². The van der Waals surface area contributed by atoms with E-state index in [9.17, 15) is 5.11 Å². The molecule has 1 aliphatic carbocycles. The molecular weight excluding hydrogens is 214 g/mol. The van der Waals surface area contributed by atoms with Crippen LogP contribution in [0.15, 0.2) is 12.1 Å². The van der Waals surface area contributed by atoms with Crippen LogP contribution in [0.1, 0.15) is 31.4 Å². The minimum atomic E-state index is -0.0894. The normalized spacial score (nSPS) is 24.6. The van der Waals surface area contributed by atoms with Gasteiger partial charge < -0.3 is 16.2 Å². The Hall–Kier alpha value is -1.29. The van der Waals surface area contributed by atoms with E-state index < -0.39 is 0 Å². The Kier molecular flexibility index (Phi) is 3.84. The van der Waals surface area contributed by atoms with Crippen molar-refractivity contribution in [1.29, 1.82) is 0 Å². The number of hydrogen-bond donors (Lipinski definition) is 3. The molecule has 0 unspecified atom stereocenters. The van der Waals surface area contributed by atoms with E-state index >= 15 is 0 Å².